The summed E-state index contributed by atoms with van der Waals surface area (Å²) in [5.74, 6) is 1.16. The third kappa shape index (κ3) is 3.76. The van der Waals surface area contributed by atoms with E-state index in [4.69, 9.17) is 10.7 Å². The average Bonchev–Trinajstić information content (AvgIpc) is 3.23. The van der Waals surface area contributed by atoms with Gasteiger partial charge in [0.15, 0.2) is 11.5 Å². The summed E-state index contributed by atoms with van der Waals surface area (Å²) in [4.78, 5) is 34.3. The fourth-order valence-electron chi connectivity index (χ4n) is 3.97. The third-order valence-electron chi connectivity index (χ3n) is 5.53. The van der Waals surface area contributed by atoms with Crippen LogP contribution in [0, 0.1) is 13.8 Å². The molecule has 0 fully saturated rings. The zero-order valence-corrected chi connectivity index (χ0v) is 19.1. The number of H-pyrrole nitrogens is 1. The van der Waals surface area contributed by atoms with Crippen molar-refractivity contribution in [2.24, 2.45) is 0 Å². The number of hydrogen-bond acceptors (Lipinski definition) is 7. The van der Waals surface area contributed by atoms with Crippen LogP contribution in [0.15, 0.2) is 53.6 Å². The Morgan fingerprint density at radius 3 is 2.58 bits per heavy atom. The van der Waals surface area contributed by atoms with E-state index in [0.717, 1.165) is 16.8 Å². The van der Waals surface area contributed by atoms with Gasteiger partial charge in [-0.15, -0.1) is 12.4 Å². The first-order chi connectivity index (χ1) is 15.4. The highest BCUT2D eigenvalue weighted by Crippen LogP contribution is 2.26. The highest BCUT2D eigenvalue weighted by atomic mass is 35.5. The van der Waals surface area contributed by atoms with E-state index >= 15 is 0 Å². The van der Waals surface area contributed by atoms with Gasteiger partial charge in [-0.25, -0.2) is 9.97 Å². The maximum absolute atomic E-state index is 13.7. The number of para-hydroxylation sites is 1. The number of nitrogens with zero attached hydrogens (tertiary/aromatic N) is 5. The van der Waals surface area contributed by atoms with Crippen LogP contribution in [0.1, 0.15) is 29.9 Å². The minimum absolute atomic E-state index is 0. The number of halogens is 1. The number of aromatic nitrogens is 6. The Bertz CT molecular complexity index is 1540. The zero-order chi connectivity index (χ0) is 22.4. The molecule has 0 aliphatic heterocycles. The monoisotopic (exact) mass is 462 g/mol. The average molecular weight is 463 g/mol. The third-order valence-corrected chi connectivity index (χ3v) is 5.53. The van der Waals surface area contributed by atoms with Crippen LogP contribution in [0.25, 0.3) is 27.8 Å². The van der Waals surface area contributed by atoms with Crippen molar-refractivity contribution in [3.8, 4) is 5.69 Å². The summed E-state index contributed by atoms with van der Waals surface area (Å²) in [5, 5.41) is 3.95. The lowest BCUT2D eigenvalue weighted by atomic mass is 10.1. The lowest BCUT2D eigenvalue weighted by Gasteiger charge is -2.21. The van der Waals surface area contributed by atoms with Crippen LogP contribution in [0.4, 0.5) is 11.8 Å². The topological polar surface area (TPSA) is 127 Å². The molecule has 0 bridgehead atoms. The summed E-state index contributed by atoms with van der Waals surface area (Å²) in [6.45, 7) is 5.83. The number of imidazole rings is 1. The van der Waals surface area contributed by atoms with Crippen molar-refractivity contribution in [2.45, 2.75) is 26.8 Å². The van der Waals surface area contributed by atoms with Crippen LogP contribution >= 0.6 is 12.4 Å². The molecule has 33 heavy (non-hydrogen) atoms. The summed E-state index contributed by atoms with van der Waals surface area (Å²) < 4.78 is 1.68. The molecular formula is C23H23ClN8O. The molecule has 0 radical (unpaired) electrons. The Morgan fingerprint density at radius 2 is 1.79 bits per heavy atom. The van der Waals surface area contributed by atoms with Gasteiger partial charge >= 0.3 is 0 Å². The maximum Gasteiger partial charge on any atom is 0.266 e. The Labute approximate surface area is 195 Å². The van der Waals surface area contributed by atoms with Gasteiger partial charge < -0.3 is 16.0 Å². The van der Waals surface area contributed by atoms with Gasteiger partial charge in [0, 0.05) is 0 Å². The number of nitrogens with two attached hydrogens (primary N) is 1. The van der Waals surface area contributed by atoms with Gasteiger partial charge in [-0.2, -0.15) is 9.97 Å². The van der Waals surface area contributed by atoms with Crippen molar-refractivity contribution in [3.63, 3.8) is 0 Å². The number of fused-ring (bicyclic) bond motifs is 2. The van der Waals surface area contributed by atoms with Crippen molar-refractivity contribution in [2.75, 3.05) is 11.1 Å². The molecule has 1 atom stereocenters. The van der Waals surface area contributed by atoms with Gasteiger partial charge in [-0.3, -0.25) is 9.36 Å². The SMILES string of the molecule is Cc1ccccc1-n1c([C@@H](C)Nc2nc(N)nc3nc[nH]c23)nc2cccc(C)c2c1=O.Cl. The maximum atomic E-state index is 13.7. The highest BCUT2D eigenvalue weighted by molar-refractivity contribution is 5.85. The van der Waals surface area contributed by atoms with E-state index in [1.54, 1.807) is 4.57 Å². The molecular weight excluding hydrogens is 440 g/mol. The van der Waals surface area contributed by atoms with E-state index < -0.39 is 0 Å². The fourth-order valence-corrected chi connectivity index (χ4v) is 3.97. The summed E-state index contributed by atoms with van der Waals surface area (Å²) in [7, 11) is 0. The second-order valence-corrected chi connectivity index (χ2v) is 7.76. The van der Waals surface area contributed by atoms with Gasteiger partial charge in [0.2, 0.25) is 5.95 Å². The minimum atomic E-state index is -0.381. The largest absolute Gasteiger partial charge is 0.368 e. The lowest BCUT2D eigenvalue weighted by Crippen LogP contribution is -2.28. The Balaban J connectivity index is 0.00000259. The summed E-state index contributed by atoms with van der Waals surface area (Å²) in [6.07, 6.45) is 1.54. The van der Waals surface area contributed by atoms with Gasteiger partial charge in [0.1, 0.15) is 11.3 Å². The van der Waals surface area contributed by atoms with Gasteiger partial charge in [0.05, 0.1) is 29.0 Å². The van der Waals surface area contributed by atoms with Gasteiger partial charge in [0.25, 0.3) is 5.56 Å². The molecule has 0 aliphatic rings. The Hall–Kier alpha value is -3.98. The number of rotatable bonds is 4. The molecule has 0 aliphatic carbocycles. The zero-order valence-electron chi connectivity index (χ0n) is 18.3. The first-order valence-corrected chi connectivity index (χ1v) is 10.3. The number of benzene rings is 2. The summed E-state index contributed by atoms with van der Waals surface area (Å²) in [5.41, 5.74) is 10.1. The smallest absolute Gasteiger partial charge is 0.266 e. The van der Waals surface area contributed by atoms with Crippen LogP contribution in [-0.2, 0) is 0 Å². The quantitative estimate of drug-likeness (QED) is 0.370. The first-order valence-electron chi connectivity index (χ1n) is 10.3. The van der Waals surface area contributed by atoms with Crippen LogP contribution in [-0.4, -0.2) is 29.5 Å². The molecule has 5 rings (SSSR count). The van der Waals surface area contributed by atoms with E-state index in [2.05, 4.69) is 25.3 Å². The van der Waals surface area contributed by atoms with E-state index in [1.165, 1.54) is 6.33 Å². The predicted octanol–water partition coefficient (Wildman–Crippen LogP) is 3.85. The molecule has 3 heterocycles. The second-order valence-electron chi connectivity index (χ2n) is 7.76. The molecule has 4 N–H and O–H groups in total. The van der Waals surface area contributed by atoms with Gasteiger partial charge in [-0.05, 0) is 44.0 Å². The van der Waals surface area contributed by atoms with E-state index in [1.807, 2.05) is 63.2 Å². The number of anilines is 2. The number of aromatic amines is 1. The molecule has 0 unspecified atom stereocenters. The number of nitrogens with one attached hydrogen (secondary N) is 2. The van der Waals surface area contributed by atoms with Gasteiger partial charge in [-0.1, -0.05) is 30.3 Å². The fraction of sp³-hybridized carbons (Fsp3) is 0.174. The first kappa shape index (κ1) is 22.2. The van der Waals surface area contributed by atoms with Crippen LogP contribution < -0.4 is 16.6 Å². The molecule has 0 saturated carbocycles. The normalized spacial score (nSPS) is 12.0. The van der Waals surface area contributed by atoms with Crippen molar-refractivity contribution < 1.29 is 0 Å². The van der Waals surface area contributed by atoms with E-state index in [-0.39, 0.29) is 30.0 Å². The number of hydrogen-bond donors (Lipinski definition) is 3. The highest BCUT2D eigenvalue weighted by Gasteiger charge is 2.21. The number of nitrogen functional groups attached to an aromatic ring is 1. The van der Waals surface area contributed by atoms with Crippen molar-refractivity contribution in [1.29, 1.82) is 0 Å². The standard InChI is InChI=1S/C23H22N8O.ClH/c1-12-7-4-5-10-16(12)31-21(28-15-9-6-8-13(2)17(15)22(31)32)14(3)27-20-18-19(26-11-25-18)29-23(24)30-20;/h4-11,14H,1-3H3,(H4,24,25,26,27,29,30);1H/t14-;/m1./s1. The van der Waals surface area contributed by atoms with E-state index in [9.17, 15) is 4.79 Å². The van der Waals surface area contributed by atoms with Crippen LogP contribution in [0.3, 0.4) is 0 Å². The molecule has 0 saturated heterocycles. The molecule has 5 aromatic rings. The van der Waals surface area contributed by atoms with E-state index in [0.29, 0.717) is 33.7 Å². The predicted molar refractivity (Wildman–Crippen MR) is 132 cm³/mol. The van der Waals surface area contributed by atoms with Crippen LogP contribution in [0.5, 0.6) is 0 Å². The summed E-state index contributed by atoms with van der Waals surface area (Å²) in [6, 6.07) is 13.1. The summed E-state index contributed by atoms with van der Waals surface area (Å²) >= 11 is 0. The number of aryl methyl sites for hydroxylation is 2. The van der Waals surface area contributed by atoms with Crippen molar-refractivity contribution in [1.82, 2.24) is 29.5 Å². The molecule has 10 heteroatoms. The van der Waals surface area contributed by atoms with Crippen molar-refractivity contribution >= 4 is 46.2 Å². The Morgan fingerprint density at radius 1 is 1.03 bits per heavy atom. The Kier molecular flexibility index (Phi) is 5.73. The molecule has 168 valence electrons. The lowest BCUT2D eigenvalue weighted by molar-refractivity contribution is 0.730. The molecule has 9 nitrogen and oxygen atoms in total. The second kappa shape index (κ2) is 8.51. The molecule has 0 spiro atoms. The molecule has 3 aromatic heterocycles. The molecule has 0 amide bonds. The van der Waals surface area contributed by atoms with Crippen molar-refractivity contribution in [3.05, 3.63) is 76.1 Å². The van der Waals surface area contributed by atoms with Crippen LogP contribution in [0.2, 0.25) is 0 Å². The minimum Gasteiger partial charge on any atom is -0.368 e. The molecule has 2 aromatic carbocycles.